The first-order valence-corrected chi connectivity index (χ1v) is 12.7. The van der Waals surface area contributed by atoms with Gasteiger partial charge in [0.25, 0.3) is 0 Å². The van der Waals surface area contributed by atoms with Crippen molar-refractivity contribution in [2.45, 2.75) is 25.8 Å². The summed E-state index contributed by atoms with van der Waals surface area (Å²) in [5, 5.41) is 3.46. The smallest absolute Gasteiger partial charge is 0.225 e. The minimum atomic E-state index is -0.129. The van der Waals surface area contributed by atoms with Crippen molar-refractivity contribution < 1.29 is 9.59 Å². The molecule has 3 aromatic rings. The number of hydrogen-bond donors (Lipinski definition) is 1. The predicted octanol–water partition coefficient (Wildman–Crippen LogP) is 4.12. The average Bonchev–Trinajstić information content (AvgIpc) is 3.21. The summed E-state index contributed by atoms with van der Waals surface area (Å²) < 4.78 is 0. The lowest BCUT2D eigenvalue weighted by atomic mass is 9.97. The number of nitrogens with one attached hydrogen (secondary N) is 1. The van der Waals surface area contributed by atoms with Crippen LogP contribution in [0.25, 0.3) is 17.2 Å². The van der Waals surface area contributed by atoms with Crippen molar-refractivity contribution in [3.8, 4) is 11.1 Å². The molecule has 2 saturated heterocycles. The van der Waals surface area contributed by atoms with Crippen LogP contribution in [0.3, 0.4) is 0 Å². The molecule has 0 unspecified atom stereocenters. The summed E-state index contributed by atoms with van der Waals surface area (Å²) in [7, 11) is 0. The van der Waals surface area contributed by atoms with E-state index in [1.165, 1.54) is 5.56 Å². The highest BCUT2D eigenvalue weighted by Crippen LogP contribution is 2.30. The molecule has 35 heavy (non-hydrogen) atoms. The average molecular weight is 486 g/mol. The number of hydrogen-bond acceptors (Lipinski definition) is 8. The molecule has 7 nitrogen and oxygen atoms in total. The van der Waals surface area contributed by atoms with Crippen molar-refractivity contribution in [3.05, 3.63) is 77.2 Å². The Morgan fingerprint density at radius 1 is 1.00 bits per heavy atom. The maximum Gasteiger partial charge on any atom is 0.225 e. The number of piperidine rings is 1. The van der Waals surface area contributed by atoms with Gasteiger partial charge in [-0.15, -0.1) is 0 Å². The van der Waals surface area contributed by atoms with Gasteiger partial charge >= 0.3 is 0 Å². The Bertz CT molecular complexity index is 1220. The summed E-state index contributed by atoms with van der Waals surface area (Å²) in [6.07, 6.45) is 7.44. The summed E-state index contributed by atoms with van der Waals surface area (Å²) in [6.45, 7) is 3.50. The molecule has 0 bridgehead atoms. The number of Topliss-reactive ketones (excluding diaryl/α,β-unsaturated/α-hetero) is 1. The van der Waals surface area contributed by atoms with E-state index < -0.39 is 0 Å². The lowest BCUT2D eigenvalue weighted by Crippen LogP contribution is -2.38. The summed E-state index contributed by atoms with van der Waals surface area (Å²) in [4.78, 5) is 39.7. The fraction of sp³-hybridized carbons (Fsp3) is 0.296. The Balaban J connectivity index is 1.09. The summed E-state index contributed by atoms with van der Waals surface area (Å²) >= 11 is 1.00. The van der Waals surface area contributed by atoms with Crippen molar-refractivity contribution in [1.29, 1.82) is 0 Å². The third-order valence-corrected chi connectivity index (χ3v) is 7.25. The quantitative estimate of drug-likeness (QED) is 0.395. The first-order valence-electron chi connectivity index (χ1n) is 11.9. The number of carbonyl (C=O) groups excluding carboxylic acids is 2. The number of benzene rings is 1. The summed E-state index contributed by atoms with van der Waals surface area (Å²) in [5.74, 6) is 1.14. The van der Waals surface area contributed by atoms with E-state index in [1.807, 2.05) is 24.4 Å². The lowest BCUT2D eigenvalue weighted by molar-refractivity contribution is -0.119. The molecule has 0 amide bonds. The van der Waals surface area contributed by atoms with Crippen molar-refractivity contribution in [2.75, 3.05) is 24.5 Å². The van der Waals surface area contributed by atoms with Gasteiger partial charge in [0, 0.05) is 37.6 Å². The molecule has 5 rings (SSSR count). The molecule has 0 spiro atoms. The Hall–Kier alpha value is -3.36. The van der Waals surface area contributed by atoms with Crippen LogP contribution in [0.5, 0.6) is 0 Å². The van der Waals surface area contributed by atoms with Gasteiger partial charge < -0.3 is 10.2 Å². The topological polar surface area (TPSA) is 88.1 Å². The minimum Gasteiger partial charge on any atom is -0.341 e. The SMILES string of the molecule is O=C1CC(=O)/C(=C/c2ccnc(N3CCC(CNCc4ccc(-c5ccccc5)cn4)CC3)n2)S1. The zero-order valence-electron chi connectivity index (χ0n) is 19.4. The molecule has 0 aliphatic carbocycles. The van der Waals surface area contributed by atoms with E-state index in [1.54, 1.807) is 18.3 Å². The second kappa shape index (κ2) is 10.9. The van der Waals surface area contributed by atoms with E-state index in [4.69, 9.17) is 0 Å². The molecule has 2 aliphatic heterocycles. The highest BCUT2D eigenvalue weighted by molar-refractivity contribution is 8.18. The van der Waals surface area contributed by atoms with Crippen molar-refractivity contribution in [1.82, 2.24) is 20.3 Å². The zero-order chi connectivity index (χ0) is 24.0. The minimum absolute atomic E-state index is 0.0228. The Labute approximate surface area is 209 Å². The summed E-state index contributed by atoms with van der Waals surface area (Å²) in [5.41, 5.74) is 4.02. The Kier molecular flexibility index (Phi) is 7.30. The van der Waals surface area contributed by atoms with Crippen LogP contribution in [0.4, 0.5) is 5.95 Å². The van der Waals surface area contributed by atoms with Gasteiger partial charge in [-0.3, -0.25) is 14.6 Å². The molecular formula is C27H27N5O2S. The molecule has 0 radical (unpaired) electrons. The van der Waals surface area contributed by atoms with Gasteiger partial charge in [0.15, 0.2) is 5.78 Å². The fourth-order valence-corrected chi connectivity index (χ4v) is 5.16. The monoisotopic (exact) mass is 485 g/mol. The van der Waals surface area contributed by atoms with Crippen LogP contribution in [-0.2, 0) is 16.1 Å². The van der Waals surface area contributed by atoms with Crippen LogP contribution >= 0.6 is 11.8 Å². The number of anilines is 1. The van der Waals surface area contributed by atoms with Crippen LogP contribution in [0.15, 0.2) is 65.8 Å². The molecule has 0 saturated carbocycles. The van der Waals surface area contributed by atoms with Crippen LogP contribution in [-0.4, -0.2) is 45.5 Å². The highest BCUT2D eigenvalue weighted by Gasteiger charge is 2.26. The number of pyridine rings is 1. The second-order valence-corrected chi connectivity index (χ2v) is 9.93. The number of rotatable bonds is 7. The molecule has 0 atom stereocenters. The number of carbonyl (C=O) groups is 2. The normalized spacial score (nSPS) is 17.9. The van der Waals surface area contributed by atoms with Crippen LogP contribution in [0, 0.1) is 5.92 Å². The zero-order valence-corrected chi connectivity index (χ0v) is 20.2. The van der Waals surface area contributed by atoms with Crippen LogP contribution in [0.2, 0.25) is 0 Å². The van der Waals surface area contributed by atoms with E-state index in [-0.39, 0.29) is 17.3 Å². The molecule has 178 valence electrons. The first kappa shape index (κ1) is 23.4. The second-order valence-electron chi connectivity index (χ2n) is 8.83. The standard InChI is InChI=1S/C27H27N5O2S/c33-24-15-26(34)35-25(24)14-22-8-11-29-27(31-22)32-12-9-19(10-13-32)16-28-18-23-7-6-21(17-30-23)20-4-2-1-3-5-20/h1-8,11,14,17,19,28H,9-10,12-13,15-16,18H2/b25-14-. The lowest BCUT2D eigenvalue weighted by Gasteiger charge is -2.32. The van der Waals surface area contributed by atoms with Gasteiger partial charge in [-0.25, -0.2) is 9.97 Å². The highest BCUT2D eigenvalue weighted by atomic mass is 32.2. The largest absolute Gasteiger partial charge is 0.341 e. The number of thioether (sulfide) groups is 1. The summed E-state index contributed by atoms with van der Waals surface area (Å²) in [6, 6.07) is 16.3. The number of ketones is 1. The van der Waals surface area contributed by atoms with E-state index >= 15 is 0 Å². The third kappa shape index (κ3) is 6.01. The molecule has 2 aromatic heterocycles. The van der Waals surface area contributed by atoms with Crippen molar-refractivity contribution in [3.63, 3.8) is 0 Å². The molecule has 8 heteroatoms. The van der Waals surface area contributed by atoms with Crippen LogP contribution in [0.1, 0.15) is 30.7 Å². The molecule has 2 fully saturated rings. The van der Waals surface area contributed by atoms with Crippen LogP contribution < -0.4 is 10.2 Å². The number of allylic oxidation sites excluding steroid dienone is 1. The van der Waals surface area contributed by atoms with E-state index in [2.05, 4.69) is 49.4 Å². The van der Waals surface area contributed by atoms with Gasteiger partial charge in [0.1, 0.15) is 0 Å². The van der Waals surface area contributed by atoms with Gasteiger partial charge in [-0.05, 0) is 60.8 Å². The van der Waals surface area contributed by atoms with E-state index in [0.29, 0.717) is 22.5 Å². The van der Waals surface area contributed by atoms with Gasteiger partial charge in [0.05, 0.1) is 22.7 Å². The van der Waals surface area contributed by atoms with E-state index in [0.717, 1.165) is 62.0 Å². The maximum atomic E-state index is 11.9. The maximum absolute atomic E-state index is 11.9. The number of aromatic nitrogens is 3. The molecule has 1 N–H and O–H groups in total. The van der Waals surface area contributed by atoms with E-state index in [9.17, 15) is 9.59 Å². The molecule has 2 aliphatic rings. The Morgan fingerprint density at radius 3 is 2.54 bits per heavy atom. The molecule has 4 heterocycles. The fourth-order valence-electron chi connectivity index (χ4n) is 4.34. The predicted molar refractivity (Wildman–Crippen MR) is 139 cm³/mol. The first-order chi connectivity index (χ1) is 17.1. The number of nitrogens with zero attached hydrogens (tertiary/aromatic N) is 4. The van der Waals surface area contributed by atoms with Gasteiger partial charge in [-0.2, -0.15) is 0 Å². The van der Waals surface area contributed by atoms with Gasteiger partial charge in [0.2, 0.25) is 11.1 Å². The molecular weight excluding hydrogens is 458 g/mol. The van der Waals surface area contributed by atoms with Crippen molar-refractivity contribution in [2.24, 2.45) is 5.92 Å². The van der Waals surface area contributed by atoms with Crippen molar-refractivity contribution >= 4 is 34.7 Å². The Morgan fingerprint density at radius 2 is 1.83 bits per heavy atom. The molecule has 1 aromatic carbocycles. The van der Waals surface area contributed by atoms with Gasteiger partial charge in [-0.1, -0.05) is 36.4 Å². The third-order valence-electron chi connectivity index (χ3n) is 6.32.